The predicted molar refractivity (Wildman–Crippen MR) is 88.3 cm³/mol. The van der Waals surface area contributed by atoms with Crippen molar-refractivity contribution in [3.63, 3.8) is 0 Å². The molecule has 1 atom stereocenters. The smallest absolute Gasteiger partial charge is 0.373 e. The topological polar surface area (TPSA) is 94.3 Å². The van der Waals surface area contributed by atoms with Crippen molar-refractivity contribution in [2.24, 2.45) is 0 Å². The fourth-order valence-electron chi connectivity index (χ4n) is 3.02. The highest BCUT2D eigenvalue weighted by Crippen LogP contribution is 2.38. The Morgan fingerprint density at radius 2 is 2.29 bits per heavy atom. The highest BCUT2D eigenvalue weighted by atomic mass is 16.6. The monoisotopic (exact) mass is 329 g/mol. The number of aromatic nitrogens is 3. The average molecular weight is 329 g/mol. The second-order valence-corrected chi connectivity index (χ2v) is 5.65. The van der Waals surface area contributed by atoms with Crippen LogP contribution in [0.25, 0.3) is 0 Å². The molecule has 2 aromatic rings. The molecule has 0 aromatic carbocycles. The summed E-state index contributed by atoms with van der Waals surface area (Å²) in [6.45, 7) is 2.84. The molecule has 3 rings (SSSR count). The summed E-state index contributed by atoms with van der Waals surface area (Å²) in [5.74, 6) is 0.676. The van der Waals surface area contributed by atoms with Crippen molar-refractivity contribution in [1.82, 2.24) is 15.0 Å². The maximum Gasteiger partial charge on any atom is 0.373 e. The molecular formula is C16H19N5O3. The maximum absolute atomic E-state index is 11.7. The summed E-state index contributed by atoms with van der Waals surface area (Å²) in [4.78, 5) is 25.3. The molecule has 126 valence electrons. The first-order valence-electron chi connectivity index (χ1n) is 8.04. The Bertz CT molecular complexity index is 710. The van der Waals surface area contributed by atoms with Gasteiger partial charge >= 0.3 is 11.6 Å². The summed E-state index contributed by atoms with van der Waals surface area (Å²) in [5.41, 5.74) is -0.193. The summed E-state index contributed by atoms with van der Waals surface area (Å²) in [6, 6.07) is 3.62. The SMILES string of the molecule is CCC1CCCCN1c1ncnc(Oc2cccnc2)c1[N+](=O)[O-]. The first kappa shape index (κ1) is 16.1. The Morgan fingerprint density at radius 3 is 3.00 bits per heavy atom. The Morgan fingerprint density at radius 1 is 1.42 bits per heavy atom. The van der Waals surface area contributed by atoms with Gasteiger partial charge in [0, 0.05) is 18.8 Å². The molecule has 0 radical (unpaired) electrons. The van der Waals surface area contributed by atoms with E-state index in [0.29, 0.717) is 11.6 Å². The third kappa shape index (κ3) is 3.27. The van der Waals surface area contributed by atoms with Crippen molar-refractivity contribution < 1.29 is 9.66 Å². The van der Waals surface area contributed by atoms with Gasteiger partial charge in [-0.25, -0.2) is 4.98 Å². The van der Waals surface area contributed by atoms with E-state index in [9.17, 15) is 10.1 Å². The van der Waals surface area contributed by atoms with Crippen molar-refractivity contribution in [1.29, 1.82) is 0 Å². The van der Waals surface area contributed by atoms with Gasteiger partial charge in [-0.2, -0.15) is 4.98 Å². The number of piperidine rings is 1. The van der Waals surface area contributed by atoms with Gasteiger partial charge in [-0.3, -0.25) is 15.1 Å². The Kier molecular flexibility index (Phi) is 4.83. The van der Waals surface area contributed by atoms with E-state index in [0.717, 1.165) is 32.2 Å². The van der Waals surface area contributed by atoms with Crippen LogP contribution in [0.4, 0.5) is 11.5 Å². The van der Waals surface area contributed by atoms with Crippen LogP contribution < -0.4 is 9.64 Å². The van der Waals surface area contributed by atoms with Crippen LogP contribution in [0.5, 0.6) is 11.6 Å². The lowest BCUT2D eigenvalue weighted by molar-refractivity contribution is -0.385. The minimum atomic E-state index is -0.470. The van der Waals surface area contributed by atoms with E-state index < -0.39 is 4.92 Å². The van der Waals surface area contributed by atoms with E-state index in [-0.39, 0.29) is 17.6 Å². The van der Waals surface area contributed by atoms with Gasteiger partial charge in [0.2, 0.25) is 5.82 Å². The summed E-state index contributed by atoms with van der Waals surface area (Å²) >= 11 is 0. The molecule has 0 bridgehead atoms. The van der Waals surface area contributed by atoms with E-state index in [1.54, 1.807) is 18.3 Å². The van der Waals surface area contributed by atoms with Gasteiger partial charge in [-0.15, -0.1) is 0 Å². The third-order valence-corrected chi connectivity index (χ3v) is 4.17. The Hall–Kier alpha value is -2.77. The van der Waals surface area contributed by atoms with Gasteiger partial charge in [-0.05, 0) is 37.8 Å². The zero-order valence-corrected chi connectivity index (χ0v) is 13.5. The molecule has 1 aliphatic heterocycles. The average Bonchev–Trinajstić information content (AvgIpc) is 2.62. The number of anilines is 1. The van der Waals surface area contributed by atoms with Crippen LogP contribution in [0.3, 0.4) is 0 Å². The predicted octanol–water partition coefficient (Wildman–Crippen LogP) is 3.34. The number of ether oxygens (including phenoxy) is 1. The maximum atomic E-state index is 11.7. The van der Waals surface area contributed by atoms with Crippen LogP contribution in [0, 0.1) is 10.1 Å². The van der Waals surface area contributed by atoms with Gasteiger partial charge in [0.05, 0.1) is 11.1 Å². The zero-order chi connectivity index (χ0) is 16.9. The van der Waals surface area contributed by atoms with Crippen LogP contribution in [0.1, 0.15) is 32.6 Å². The van der Waals surface area contributed by atoms with E-state index in [4.69, 9.17) is 4.74 Å². The molecule has 1 saturated heterocycles. The van der Waals surface area contributed by atoms with Crippen LogP contribution in [-0.4, -0.2) is 32.5 Å². The van der Waals surface area contributed by atoms with Crippen molar-refractivity contribution >= 4 is 11.5 Å². The number of rotatable bonds is 5. The number of hydrogen-bond acceptors (Lipinski definition) is 7. The highest BCUT2D eigenvalue weighted by Gasteiger charge is 2.32. The summed E-state index contributed by atoms with van der Waals surface area (Å²) in [7, 11) is 0. The molecule has 3 heterocycles. The van der Waals surface area contributed by atoms with Crippen LogP contribution in [0.2, 0.25) is 0 Å². The van der Waals surface area contributed by atoms with Crippen LogP contribution >= 0.6 is 0 Å². The Balaban J connectivity index is 2.00. The van der Waals surface area contributed by atoms with Gasteiger partial charge in [0.1, 0.15) is 12.1 Å². The minimum Gasteiger partial charge on any atom is -0.432 e. The molecule has 1 fully saturated rings. The first-order chi connectivity index (χ1) is 11.7. The molecule has 8 nitrogen and oxygen atoms in total. The summed E-state index contributed by atoms with van der Waals surface area (Å²) < 4.78 is 5.59. The molecule has 24 heavy (non-hydrogen) atoms. The van der Waals surface area contributed by atoms with Crippen LogP contribution in [-0.2, 0) is 0 Å². The van der Waals surface area contributed by atoms with Gasteiger partial charge in [-0.1, -0.05) is 6.92 Å². The van der Waals surface area contributed by atoms with E-state index in [2.05, 4.69) is 21.9 Å². The fourth-order valence-corrected chi connectivity index (χ4v) is 3.02. The highest BCUT2D eigenvalue weighted by molar-refractivity contribution is 5.64. The molecule has 1 aliphatic rings. The van der Waals surface area contributed by atoms with Crippen molar-refractivity contribution in [2.45, 2.75) is 38.6 Å². The summed E-state index contributed by atoms with van der Waals surface area (Å²) in [6.07, 6.45) is 8.46. The zero-order valence-electron chi connectivity index (χ0n) is 13.5. The Labute approximate surface area is 139 Å². The molecule has 2 aromatic heterocycles. The van der Waals surface area contributed by atoms with Gasteiger partial charge in [0.25, 0.3) is 0 Å². The number of nitrogens with zero attached hydrogens (tertiary/aromatic N) is 5. The second-order valence-electron chi connectivity index (χ2n) is 5.65. The van der Waals surface area contributed by atoms with Crippen molar-refractivity contribution in [3.05, 3.63) is 41.0 Å². The van der Waals surface area contributed by atoms with E-state index in [1.807, 2.05) is 4.90 Å². The number of hydrogen-bond donors (Lipinski definition) is 0. The summed E-state index contributed by atoms with van der Waals surface area (Å²) in [5, 5.41) is 11.7. The van der Waals surface area contributed by atoms with Gasteiger partial charge < -0.3 is 9.64 Å². The molecule has 0 saturated carbocycles. The molecule has 0 N–H and O–H groups in total. The van der Waals surface area contributed by atoms with E-state index in [1.165, 1.54) is 12.5 Å². The minimum absolute atomic E-state index is 0.0570. The van der Waals surface area contributed by atoms with Crippen LogP contribution in [0.15, 0.2) is 30.9 Å². The lowest BCUT2D eigenvalue weighted by atomic mass is 10.00. The largest absolute Gasteiger partial charge is 0.432 e. The lowest BCUT2D eigenvalue weighted by Crippen LogP contribution is -2.40. The van der Waals surface area contributed by atoms with Crippen molar-refractivity contribution in [3.8, 4) is 11.6 Å². The van der Waals surface area contributed by atoms with Gasteiger partial charge in [0.15, 0.2) is 0 Å². The standard InChI is InChI=1S/C16H19N5O3/c1-2-12-6-3-4-9-20(12)15-14(21(22)23)16(19-11-18-15)24-13-7-5-8-17-10-13/h5,7-8,10-12H,2-4,6,9H2,1H3. The third-order valence-electron chi connectivity index (χ3n) is 4.17. The van der Waals surface area contributed by atoms with E-state index >= 15 is 0 Å². The molecular weight excluding hydrogens is 310 g/mol. The molecule has 8 heteroatoms. The number of nitro groups is 1. The molecule has 0 amide bonds. The molecule has 0 aliphatic carbocycles. The fraction of sp³-hybridized carbons (Fsp3) is 0.438. The first-order valence-corrected chi connectivity index (χ1v) is 8.04. The van der Waals surface area contributed by atoms with Crippen molar-refractivity contribution in [2.75, 3.05) is 11.4 Å². The lowest BCUT2D eigenvalue weighted by Gasteiger charge is -2.35. The molecule has 1 unspecified atom stereocenters. The number of pyridine rings is 1. The molecule has 0 spiro atoms. The normalized spacial score (nSPS) is 17.5. The second kappa shape index (κ2) is 7.20. The quantitative estimate of drug-likeness (QED) is 0.613.